The fourth-order valence-corrected chi connectivity index (χ4v) is 0. The van der Waals surface area contributed by atoms with Gasteiger partial charge in [0.05, 0.1) is 0 Å². The molecule has 1 N–H and O–H groups in total. The van der Waals surface area contributed by atoms with E-state index < -0.39 is 0 Å². The normalized spacial score (nSPS) is 4.40. The number of hydrogen-bond donors (Lipinski definition) is 1. The Bertz CT molecular complexity index is 11.6. The minimum absolute atomic E-state index is 0.250. The summed E-state index contributed by atoms with van der Waals surface area (Å²) >= 11 is 0.333. The number of aliphatic hydroxyl groups excluding tert-OH is 1. The molecule has 0 spiro atoms. The summed E-state index contributed by atoms with van der Waals surface area (Å²) in [6.45, 7) is 1.93. The van der Waals surface area contributed by atoms with Crippen molar-refractivity contribution in [3.63, 3.8) is 0 Å². The van der Waals surface area contributed by atoms with Gasteiger partial charge in [-0.3, -0.25) is 0 Å². The number of hydrogen-bond acceptors (Lipinski definition) is 2. The zero-order valence-corrected chi connectivity index (χ0v) is 5.90. The SMILES string of the molecule is CCO.[O]=[W]. The third-order valence-electron chi connectivity index (χ3n) is 0. The Hall–Kier alpha value is 0.448. The van der Waals surface area contributed by atoms with Gasteiger partial charge in [0.15, 0.2) is 0 Å². The Balaban J connectivity index is 0. The first-order valence-corrected chi connectivity index (χ1v) is 2.39. The van der Waals surface area contributed by atoms with Crippen LogP contribution in [-0.2, 0) is 23.2 Å². The van der Waals surface area contributed by atoms with Crippen LogP contribution in [0.2, 0.25) is 0 Å². The molecule has 0 atom stereocenters. The quantitative estimate of drug-likeness (QED) is 0.646. The second kappa shape index (κ2) is 25.2. The summed E-state index contributed by atoms with van der Waals surface area (Å²) in [5.41, 5.74) is 0. The van der Waals surface area contributed by atoms with Gasteiger partial charge in [-0.25, -0.2) is 0 Å². The summed E-state index contributed by atoms with van der Waals surface area (Å²) in [5.74, 6) is 0. The minimum atomic E-state index is 0.250. The molecule has 0 fully saturated rings. The molecule has 0 amide bonds. The van der Waals surface area contributed by atoms with E-state index in [1.807, 2.05) is 0 Å². The van der Waals surface area contributed by atoms with E-state index in [0.717, 1.165) is 0 Å². The van der Waals surface area contributed by atoms with Gasteiger partial charge in [-0.15, -0.1) is 0 Å². The van der Waals surface area contributed by atoms with Gasteiger partial charge in [-0.2, -0.15) is 0 Å². The number of rotatable bonds is 0. The van der Waals surface area contributed by atoms with Crippen LogP contribution in [0.25, 0.3) is 0 Å². The molecule has 0 aliphatic heterocycles. The van der Waals surface area contributed by atoms with E-state index in [-0.39, 0.29) is 6.61 Å². The van der Waals surface area contributed by atoms with Crippen molar-refractivity contribution >= 4 is 0 Å². The van der Waals surface area contributed by atoms with E-state index in [0.29, 0.717) is 19.8 Å². The summed E-state index contributed by atoms with van der Waals surface area (Å²) in [5, 5.41) is 7.57. The van der Waals surface area contributed by atoms with E-state index in [1.165, 1.54) is 0 Å². The molecule has 0 unspecified atom stereocenters. The Morgan fingerprint density at radius 3 is 1.80 bits per heavy atom. The van der Waals surface area contributed by atoms with Crippen molar-refractivity contribution in [1.29, 1.82) is 0 Å². The van der Waals surface area contributed by atoms with Gasteiger partial charge in [0.25, 0.3) is 0 Å². The molecule has 5 heavy (non-hydrogen) atoms. The van der Waals surface area contributed by atoms with Gasteiger partial charge in [-0.1, -0.05) is 0 Å². The van der Waals surface area contributed by atoms with Crippen molar-refractivity contribution in [3.05, 3.63) is 0 Å². The second-order valence-corrected chi connectivity index (χ2v) is 0.316. The van der Waals surface area contributed by atoms with Gasteiger partial charge in [-0.05, 0) is 6.92 Å². The predicted octanol–water partition coefficient (Wildman–Crippen LogP) is -0.123. The monoisotopic (exact) mass is 246 g/mol. The first-order chi connectivity index (χ1) is 2.41. The standard InChI is InChI=1S/C2H6O.O.W/c1-2-3;;/h3H,2H2,1H3;;. The molecule has 0 bridgehead atoms. The van der Waals surface area contributed by atoms with Crippen molar-refractivity contribution in [2.75, 3.05) is 6.61 Å². The van der Waals surface area contributed by atoms with Crippen LogP contribution in [0.15, 0.2) is 0 Å². The van der Waals surface area contributed by atoms with Gasteiger partial charge in [0, 0.05) is 6.61 Å². The van der Waals surface area contributed by atoms with Crippen molar-refractivity contribution in [3.8, 4) is 0 Å². The number of aliphatic hydroxyl groups is 1. The van der Waals surface area contributed by atoms with E-state index in [4.69, 9.17) is 8.50 Å². The van der Waals surface area contributed by atoms with E-state index in [2.05, 4.69) is 0 Å². The molecule has 0 rings (SSSR count). The molecule has 2 nitrogen and oxygen atoms in total. The van der Waals surface area contributed by atoms with Gasteiger partial charge < -0.3 is 5.11 Å². The molecule has 0 aliphatic rings. The molecule has 0 aliphatic carbocycles. The molecule has 0 heterocycles. The Morgan fingerprint density at radius 1 is 1.80 bits per heavy atom. The van der Waals surface area contributed by atoms with Gasteiger partial charge >= 0.3 is 23.2 Å². The fraction of sp³-hybridized carbons (Fsp3) is 1.00. The van der Waals surface area contributed by atoms with Crippen molar-refractivity contribution in [1.82, 2.24) is 0 Å². The van der Waals surface area contributed by atoms with E-state index >= 15 is 0 Å². The van der Waals surface area contributed by atoms with Gasteiger partial charge in [0.1, 0.15) is 0 Å². The summed E-state index contributed by atoms with van der Waals surface area (Å²) in [4.78, 5) is 0. The van der Waals surface area contributed by atoms with E-state index in [1.54, 1.807) is 6.92 Å². The van der Waals surface area contributed by atoms with Crippen molar-refractivity contribution < 1.29 is 28.3 Å². The molecule has 32 valence electrons. The van der Waals surface area contributed by atoms with Gasteiger partial charge in [0.2, 0.25) is 0 Å². The summed E-state index contributed by atoms with van der Waals surface area (Å²) < 4.78 is 8.33. The zero-order valence-electron chi connectivity index (χ0n) is 2.97. The maximum atomic E-state index is 8.33. The van der Waals surface area contributed by atoms with Crippen LogP contribution in [0.3, 0.4) is 0 Å². The Kier molecular flexibility index (Phi) is 45.7. The topological polar surface area (TPSA) is 37.3 Å². The van der Waals surface area contributed by atoms with Crippen LogP contribution >= 0.6 is 0 Å². The fourth-order valence-electron chi connectivity index (χ4n) is 0. The summed E-state index contributed by atoms with van der Waals surface area (Å²) in [6, 6.07) is 0. The summed E-state index contributed by atoms with van der Waals surface area (Å²) in [6.07, 6.45) is 0. The van der Waals surface area contributed by atoms with E-state index in [9.17, 15) is 0 Å². The third-order valence-corrected chi connectivity index (χ3v) is 0. The first kappa shape index (κ1) is 9.07. The summed E-state index contributed by atoms with van der Waals surface area (Å²) in [7, 11) is 0. The molecule has 0 aromatic carbocycles. The molecule has 0 aromatic heterocycles. The first-order valence-electron chi connectivity index (χ1n) is 1.19. The van der Waals surface area contributed by atoms with Crippen LogP contribution in [0.5, 0.6) is 0 Å². The average molecular weight is 246 g/mol. The molecular formula is C2H6O2W. The Labute approximate surface area is 42.4 Å². The predicted molar refractivity (Wildman–Crippen MR) is 13.4 cm³/mol. The van der Waals surface area contributed by atoms with Crippen LogP contribution in [0.1, 0.15) is 6.92 Å². The molecule has 0 saturated carbocycles. The zero-order chi connectivity index (χ0) is 4.71. The Morgan fingerprint density at radius 2 is 1.80 bits per heavy atom. The van der Waals surface area contributed by atoms with Crippen molar-refractivity contribution in [2.24, 2.45) is 0 Å². The van der Waals surface area contributed by atoms with Crippen LogP contribution in [0.4, 0.5) is 0 Å². The van der Waals surface area contributed by atoms with Crippen LogP contribution in [-0.4, -0.2) is 11.7 Å². The molecule has 3 heteroatoms. The average Bonchev–Trinajstić information content (AvgIpc) is 1.46. The molecule has 0 radical (unpaired) electrons. The van der Waals surface area contributed by atoms with Crippen molar-refractivity contribution in [2.45, 2.75) is 6.92 Å². The maximum absolute atomic E-state index is 8.33. The molecular weight excluding hydrogens is 240 g/mol. The van der Waals surface area contributed by atoms with Crippen LogP contribution in [0, 0.1) is 0 Å². The second-order valence-electron chi connectivity index (χ2n) is 0.316. The van der Waals surface area contributed by atoms with Crippen LogP contribution < -0.4 is 0 Å². The molecule has 0 aromatic rings. The third kappa shape index (κ3) is 133. The molecule has 0 saturated heterocycles.